The monoisotopic (exact) mass is 941 g/mol. The molecule has 0 N–H and O–H groups in total. The third-order valence-corrected chi connectivity index (χ3v) is 15.4. The zero-order chi connectivity index (χ0) is 48.9. The SMILES string of the molecule is Cc1c(-c2cccc(-c3nc(-c4ccccc4)nc(-c4ccccc4)n3)c2)cc2c3c1-c1cccc4c5c6ccccc6ccc5n(c14)B3c1ccccc1N2c1cc(-c2ccccc2)cc(-c2ccccc2)c1. The molecule has 0 saturated heterocycles. The van der Waals surface area contributed by atoms with Crippen LogP contribution in [0.15, 0.2) is 249 Å². The number of rotatable bonds is 7. The van der Waals surface area contributed by atoms with E-state index in [1.807, 2.05) is 36.4 Å². The van der Waals surface area contributed by atoms with Gasteiger partial charge < -0.3 is 9.38 Å². The molecule has 2 aromatic heterocycles. The van der Waals surface area contributed by atoms with E-state index in [1.165, 1.54) is 71.3 Å². The molecule has 0 bridgehead atoms. The molecular weight excluding hydrogens is 898 g/mol. The number of para-hydroxylation sites is 2. The van der Waals surface area contributed by atoms with Crippen LogP contribution in [-0.4, -0.2) is 26.3 Å². The Labute approximate surface area is 429 Å². The molecule has 0 radical (unpaired) electrons. The van der Waals surface area contributed by atoms with E-state index in [9.17, 15) is 0 Å². The maximum atomic E-state index is 5.18. The highest BCUT2D eigenvalue weighted by atomic mass is 15.2. The fourth-order valence-electron chi connectivity index (χ4n) is 12.1. The van der Waals surface area contributed by atoms with Gasteiger partial charge in [0.25, 0.3) is 0 Å². The summed E-state index contributed by atoms with van der Waals surface area (Å²) in [4.78, 5) is 17.9. The van der Waals surface area contributed by atoms with Gasteiger partial charge in [-0.05, 0) is 116 Å². The summed E-state index contributed by atoms with van der Waals surface area (Å²) in [5.74, 6) is 1.90. The Bertz CT molecular complexity index is 4260. The van der Waals surface area contributed by atoms with Gasteiger partial charge in [-0.2, -0.15) is 0 Å². The predicted octanol–water partition coefficient (Wildman–Crippen LogP) is 15.9. The highest BCUT2D eigenvalue weighted by molar-refractivity contribution is 6.90. The van der Waals surface area contributed by atoms with Crippen LogP contribution in [0.1, 0.15) is 5.56 Å². The van der Waals surface area contributed by atoms with Crippen LogP contribution in [0.3, 0.4) is 0 Å². The van der Waals surface area contributed by atoms with Gasteiger partial charge in [-0.25, -0.2) is 15.0 Å². The van der Waals surface area contributed by atoms with E-state index in [-0.39, 0.29) is 6.85 Å². The van der Waals surface area contributed by atoms with Crippen LogP contribution in [0.2, 0.25) is 0 Å². The summed E-state index contributed by atoms with van der Waals surface area (Å²) in [6.45, 7) is 2.23. The first-order valence-electron chi connectivity index (χ1n) is 25.4. The van der Waals surface area contributed by atoms with Gasteiger partial charge in [0.2, 0.25) is 0 Å². The standard InChI is InChI=1S/C68H44BN5/c1-43-57(49-29-18-30-50(38-49)68-71-66(47-25-10-4-11-26-47)70-67(72-68)48-27-12-5-13-28-48)42-61-64-62(43)55-32-19-33-56-63-54-31-15-14-24-46(54)36-37-60(63)74(65(55)56)69(64)58-34-16-17-35-59(58)73(61)53-40-51(44-20-6-2-7-21-44)39-52(41-53)45-22-8-3-9-23-45/h2-42H,1H3. The maximum absolute atomic E-state index is 5.18. The third-order valence-electron chi connectivity index (χ3n) is 15.4. The van der Waals surface area contributed by atoms with Gasteiger partial charge in [-0.15, -0.1) is 0 Å². The average Bonchev–Trinajstić information content (AvgIpc) is 3.91. The van der Waals surface area contributed by atoms with Crippen molar-refractivity contribution >= 4 is 67.4 Å². The number of anilines is 3. The lowest BCUT2D eigenvalue weighted by Crippen LogP contribution is -2.56. The summed E-state index contributed by atoms with van der Waals surface area (Å²) in [6.07, 6.45) is 0. The van der Waals surface area contributed by atoms with E-state index in [0.717, 1.165) is 56.0 Å². The second kappa shape index (κ2) is 16.7. The molecule has 344 valence electrons. The van der Waals surface area contributed by atoms with Crippen molar-refractivity contribution in [2.24, 2.45) is 0 Å². The van der Waals surface area contributed by atoms with Crippen molar-refractivity contribution in [2.45, 2.75) is 6.92 Å². The first kappa shape index (κ1) is 42.1. The zero-order valence-corrected chi connectivity index (χ0v) is 40.5. The Morgan fingerprint density at radius 1 is 0.378 bits per heavy atom. The molecule has 6 heteroatoms. The Morgan fingerprint density at radius 3 is 1.58 bits per heavy atom. The Balaban J connectivity index is 1.02. The number of benzene rings is 11. The molecule has 0 aliphatic carbocycles. The Kier molecular flexibility index (Phi) is 9.51. The topological polar surface area (TPSA) is 46.8 Å². The molecule has 11 aromatic carbocycles. The second-order valence-corrected chi connectivity index (χ2v) is 19.5. The lowest BCUT2D eigenvalue weighted by Gasteiger charge is -2.41. The largest absolute Gasteiger partial charge is 0.375 e. The van der Waals surface area contributed by atoms with Gasteiger partial charge in [-0.1, -0.05) is 206 Å². The number of nitrogens with zero attached hydrogens (tertiary/aromatic N) is 5. The second-order valence-electron chi connectivity index (χ2n) is 19.5. The first-order chi connectivity index (χ1) is 36.6. The van der Waals surface area contributed by atoms with Crippen LogP contribution < -0.4 is 15.8 Å². The summed E-state index contributed by atoms with van der Waals surface area (Å²) in [7, 11) is 0. The van der Waals surface area contributed by atoms with E-state index in [4.69, 9.17) is 15.0 Å². The molecule has 2 aliphatic heterocycles. The van der Waals surface area contributed by atoms with Crippen LogP contribution in [0.4, 0.5) is 17.1 Å². The van der Waals surface area contributed by atoms with Gasteiger partial charge in [0.1, 0.15) is 0 Å². The fourth-order valence-corrected chi connectivity index (χ4v) is 12.1. The summed E-state index contributed by atoms with van der Waals surface area (Å²) in [5, 5.41) is 5.08. The zero-order valence-electron chi connectivity index (χ0n) is 40.5. The lowest BCUT2D eigenvalue weighted by atomic mass is 9.44. The number of fused-ring (bicyclic) bond motifs is 9. The van der Waals surface area contributed by atoms with Crippen molar-refractivity contribution in [2.75, 3.05) is 4.90 Å². The molecule has 2 aliphatic rings. The predicted molar refractivity (Wildman–Crippen MR) is 308 cm³/mol. The number of hydrogen-bond acceptors (Lipinski definition) is 4. The van der Waals surface area contributed by atoms with Gasteiger partial charge in [-0.3, -0.25) is 0 Å². The van der Waals surface area contributed by atoms with Crippen molar-refractivity contribution in [1.29, 1.82) is 0 Å². The first-order valence-corrected chi connectivity index (χ1v) is 25.4. The van der Waals surface area contributed by atoms with Crippen molar-refractivity contribution < 1.29 is 0 Å². The lowest BCUT2D eigenvalue weighted by molar-refractivity contribution is 1.07. The highest BCUT2D eigenvalue weighted by Crippen LogP contribution is 2.50. The van der Waals surface area contributed by atoms with Gasteiger partial charge >= 0.3 is 6.85 Å². The van der Waals surface area contributed by atoms with E-state index in [1.54, 1.807) is 0 Å². The quantitative estimate of drug-likeness (QED) is 0.149. The summed E-state index contributed by atoms with van der Waals surface area (Å²) < 4.78 is 2.67. The van der Waals surface area contributed by atoms with Crippen LogP contribution in [0.5, 0.6) is 0 Å². The molecule has 0 spiro atoms. The molecule has 74 heavy (non-hydrogen) atoms. The van der Waals surface area contributed by atoms with Gasteiger partial charge in [0.15, 0.2) is 17.5 Å². The smallest absolute Gasteiger partial charge is 0.333 e. The van der Waals surface area contributed by atoms with Crippen LogP contribution in [0.25, 0.3) is 111 Å². The van der Waals surface area contributed by atoms with Crippen molar-refractivity contribution in [3.05, 3.63) is 254 Å². The van der Waals surface area contributed by atoms with Crippen LogP contribution in [-0.2, 0) is 0 Å². The summed E-state index contributed by atoms with van der Waals surface area (Å²) >= 11 is 0. The number of hydrogen-bond donors (Lipinski definition) is 0. The van der Waals surface area contributed by atoms with E-state index >= 15 is 0 Å². The minimum Gasteiger partial charge on any atom is -0.375 e. The van der Waals surface area contributed by atoms with E-state index in [2.05, 4.69) is 229 Å². The molecule has 0 atom stereocenters. The molecule has 0 saturated carbocycles. The molecule has 0 fully saturated rings. The minimum absolute atomic E-state index is 0.105. The maximum Gasteiger partial charge on any atom is 0.333 e. The van der Waals surface area contributed by atoms with Gasteiger partial charge in [0.05, 0.1) is 0 Å². The summed E-state index contributed by atoms with van der Waals surface area (Å²) in [6, 6.07) is 89.9. The molecule has 0 amide bonds. The molecule has 5 nitrogen and oxygen atoms in total. The molecule has 4 heterocycles. The minimum atomic E-state index is -0.105. The molecule has 13 aromatic rings. The van der Waals surface area contributed by atoms with E-state index < -0.39 is 0 Å². The van der Waals surface area contributed by atoms with Crippen molar-refractivity contribution in [3.8, 4) is 78.7 Å². The summed E-state index contributed by atoms with van der Waals surface area (Å²) in [5.41, 5.74) is 21.9. The third kappa shape index (κ3) is 6.55. The number of aromatic nitrogens is 4. The van der Waals surface area contributed by atoms with Crippen molar-refractivity contribution in [1.82, 2.24) is 19.4 Å². The normalized spacial score (nSPS) is 12.3. The Morgan fingerprint density at radius 2 is 0.905 bits per heavy atom. The van der Waals surface area contributed by atoms with E-state index in [0.29, 0.717) is 17.5 Å². The molecular formula is C68H44BN5. The molecule has 15 rings (SSSR count). The van der Waals surface area contributed by atoms with Crippen LogP contribution >= 0.6 is 0 Å². The Hall–Kier alpha value is -9.65. The van der Waals surface area contributed by atoms with Crippen LogP contribution in [0, 0.1) is 6.92 Å². The van der Waals surface area contributed by atoms with Crippen molar-refractivity contribution in [3.63, 3.8) is 0 Å². The molecule has 0 unspecified atom stereocenters. The highest BCUT2D eigenvalue weighted by Gasteiger charge is 2.44. The van der Waals surface area contributed by atoms with Gasteiger partial charge in [0, 0.05) is 61.1 Å². The fraction of sp³-hybridized carbons (Fsp3) is 0.0147. The average molecular weight is 942 g/mol.